The lowest BCUT2D eigenvalue weighted by Gasteiger charge is -2.16. The largest absolute Gasteiger partial charge is 0.252 e. The van der Waals surface area contributed by atoms with Crippen molar-refractivity contribution in [2.45, 2.75) is 13.8 Å². The van der Waals surface area contributed by atoms with E-state index in [1.807, 2.05) is 12.2 Å². The lowest BCUT2D eigenvalue weighted by molar-refractivity contribution is 0.937. The van der Waals surface area contributed by atoms with Crippen LogP contribution in [0.4, 0.5) is 0 Å². The van der Waals surface area contributed by atoms with E-state index in [4.69, 9.17) is 4.99 Å². The summed E-state index contributed by atoms with van der Waals surface area (Å²) >= 11 is 0. The Hall–Kier alpha value is -2.15. The third-order valence-corrected chi connectivity index (χ3v) is 3.66. The van der Waals surface area contributed by atoms with Crippen molar-refractivity contribution >= 4 is 5.71 Å². The molecule has 1 aliphatic heterocycles. The third kappa shape index (κ3) is 2.37. The lowest BCUT2D eigenvalue weighted by Crippen LogP contribution is -2.08. The molecule has 1 aliphatic carbocycles. The van der Waals surface area contributed by atoms with Crippen LogP contribution in [0.25, 0.3) is 0 Å². The van der Waals surface area contributed by atoms with Crippen LogP contribution < -0.4 is 0 Å². The lowest BCUT2D eigenvalue weighted by atomic mass is 9.97. The zero-order chi connectivity index (χ0) is 13.2. The Balaban J connectivity index is 2.00. The fourth-order valence-electron chi connectivity index (χ4n) is 2.32. The molecular formula is C18H17N. The molecule has 0 radical (unpaired) electrons. The van der Waals surface area contributed by atoms with Crippen molar-refractivity contribution in [3.8, 4) is 0 Å². The molecule has 0 saturated carbocycles. The standard InChI is InChI=1S/C18H17N/c1-13-8-9-16(12-14(13)2)18-11-10-15-6-4-3-5-7-17(15)19-18/h3-12,15H,1-2H3. The molecule has 0 fully saturated rings. The Morgan fingerprint density at radius 3 is 2.68 bits per heavy atom. The molecule has 1 aromatic rings. The van der Waals surface area contributed by atoms with Gasteiger partial charge in [-0.15, -0.1) is 0 Å². The predicted octanol–water partition coefficient (Wildman–Crippen LogP) is 4.29. The summed E-state index contributed by atoms with van der Waals surface area (Å²) in [5, 5.41) is 0. The molecule has 1 aromatic carbocycles. The van der Waals surface area contributed by atoms with Gasteiger partial charge in [-0.05, 0) is 43.2 Å². The van der Waals surface area contributed by atoms with E-state index in [0.29, 0.717) is 5.92 Å². The number of fused-ring (bicyclic) bond motifs is 1. The minimum Gasteiger partial charge on any atom is -0.252 e. The van der Waals surface area contributed by atoms with Gasteiger partial charge in [0.15, 0.2) is 0 Å². The molecule has 1 atom stereocenters. The van der Waals surface area contributed by atoms with Crippen LogP contribution >= 0.6 is 0 Å². The summed E-state index contributed by atoms with van der Waals surface area (Å²) in [6, 6.07) is 6.52. The first kappa shape index (κ1) is 11.9. The third-order valence-electron chi connectivity index (χ3n) is 3.66. The number of benzene rings is 1. The average Bonchev–Trinajstić information content (AvgIpc) is 2.66. The first-order chi connectivity index (χ1) is 9.24. The summed E-state index contributed by atoms with van der Waals surface area (Å²) in [6.45, 7) is 4.28. The van der Waals surface area contributed by atoms with Crippen LogP contribution in [0.2, 0.25) is 0 Å². The van der Waals surface area contributed by atoms with Crippen molar-refractivity contribution in [3.63, 3.8) is 0 Å². The number of aryl methyl sites for hydroxylation is 2. The molecule has 94 valence electrons. The highest BCUT2D eigenvalue weighted by atomic mass is 14.8. The summed E-state index contributed by atoms with van der Waals surface area (Å²) in [7, 11) is 0. The number of aliphatic imine (C=N–C) groups is 1. The average molecular weight is 247 g/mol. The zero-order valence-electron chi connectivity index (χ0n) is 11.3. The van der Waals surface area contributed by atoms with Gasteiger partial charge in [0.25, 0.3) is 0 Å². The van der Waals surface area contributed by atoms with Crippen LogP contribution in [-0.2, 0) is 0 Å². The van der Waals surface area contributed by atoms with E-state index < -0.39 is 0 Å². The molecule has 1 nitrogen and oxygen atoms in total. The normalized spacial score (nSPS) is 20.6. The van der Waals surface area contributed by atoms with E-state index in [0.717, 1.165) is 11.4 Å². The van der Waals surface area contributed by atoms with Crippen molar-refractivity contribution in [3.05, 3.63) is 83.1 Å². The molecule has 1 heterocycles. The first-order valence-electron chi connectivity index (χ1n) is 6.63. The highest BCUT2D eigenvalue weighted by molar-refractivity contribution is 6.10. The number of rotatable bonds is 1. The molecule has 0 saturated heterocycles. The smallest absolute Gasteiger partial charge is 0.0702 e. The van der Waals surface area contributed by atoms with Crippen molar-refractivity contribution in [1.29, 1.82) is 0 Å². The Morgan fingerprint density at radius 2 is 1.84 bits per heavy atom. The second-order valence-corrected chi connectivity index (χ2v) is 5.04. The molecule has 1 heteroatoms. The number of dihydropyridines is 1. The van der Waals surface area contributed by atoms with Gasteiger partial charge in [0.2, 0.25) is 0 Å². The summed E-state index contributed by atoms with van der Waals surface area (Å²) in [5.74, 6) is 0.310. The van der Waals surface area contributed by atoms with Crippen molar-refractivity contribution < 1.29 is 0 Å². The topological polar surface area (TPSA) is 12.4 Å². The van der Waals surface area contributed by atoms with Gasteiger partial charge in [-0.2, -0.15) is 0 Å². The molecular weight excluding hydrogens is 230 g/mol. The van der Waals surface area contributed by atoms with E-state index in [1.165, 1.54) is 16.7 Å². The molecule has 2 aliphatic rings. The Bertz CT molecular complexity index is 654. The van der Waals surface area contributed by atoms with E-state index in [1.54, 1.807) is 0 Å². The van der Waals surface area contributed by atoms with Gasteiger partial charge >= 0.3 is 0 Å². The number of hydrogen-bond donors (Lipinski definition) is 0. The van der Waals surface area contributed by atoms with E-state index in [-0.39, 0.29) is 0 Å². The maximum atomic E-state index is 4.79. The molecule has 0 aromatic heterocycles. The Morgan fingerprint density at radius 1 is 0.947 bits per heavy atom. The van der Waals surface area contributed by atoms with Gasteiger partial charge in [-0.1, -0.05) is 42.5 Å². The minimum absolute atomic E-state index is 0.310. The fourth-order valence-corrected chi connectivity index (χ4v) is 2.32. The number of allylic oxidation sites excluding steroid dienone is 6. The summed E-state index contributed by atoms with van der Waals surface area (Å²) in [5.41, 5.74) is 5.98. The van der Waals surface area contributed by atoms with Gasteiger partial charge in [0.1, 0.15) is 0 Å². The van der Waals surface area contributed by atoms with Gasteiger partial charge in [-0.3, -0.25) is 4.99 Å². The van der Waals surface area contributed by atoms with E-state index in [9.17, 15) is 0 Å². The number of hydrogen-bond acceptors (Lipinski definition) is 1. The van der Waals surface area contributed by atoms with Crippen molar-refractivity contribution in [2.24, 2.45) is 10.9 Å². The van der Waals surface area contributed by atoms with Crippen LogP contribution in [0.1, 0.15) is 16.7 Å². The Kier molecular flexibility index (Phi) is 3.04. The quantitative estimate of drug-likeness (QED) is 0.702. The van der Waals surface area contributed by atoms with Gasteiger partial charge in [0, 0.05) is 11.5 Å². The summed E-state index contributed by atoms with van der Waals surface area (Å²) in [4.78, 5) is 4.79. The number of nitrogens with zero attached hydrogens (tertiary/aromatic N) is 1. The first-order valence-corrected chi connectivity index (χ1v) is 6.63. The summed E-state index contributed by atoms with van der Waals surface area (Å²) < 4.78 is 0. The Labute approximate surface area is 114 Å². The van der Waals surface area contributed by atoms with Crippen LogP contribution in [0, 0.1) is 19.8 Å². The summed E-state index contributed by atoms with van der Waals surface area (Å²) in [6.07, 6.45) is 14.8. The minimum atomic E-state index is 0.310. The monoisotopic (exact) mass is 247 g/mol. The predicted molar refractivity (Wildman–Crippen MR) is 81.4 cm³/mol. The molecule has 0 bridgehead atoms. The molecule has 1 unspecified atom stereocenters. The van der Waals surface area contributed by atoms with Crippen LogP contribution in [0.5, 0.6) is 0 Å². The maximum absolute atomic E-state index is 4.79. The molecule has 0 N–H and O–H groups in total. The van der Waals surface area contributed by atoms with Crippen molar-refractivity contribution in [2.75, 3.05) is 0 Å². The van der Waals surface area contributed by atoms with Gasteiger partial charge in [-0.25, -0.2) is 0 Å². The fraction of sp³-hybridized carbons (Fsp3) is 0.167. The molecule has 19 heavy (non-hydrogen) atoms. The highest BCUT2D eigenvalue weighted by Crippen LogP contribution is 2.24. The molecule has 3 rings (SSSR count). The second-order valence-electron chi connectivity index (χ2n) is 5.04. The van der Waals surface area contributed by atoms with Gasteiger partial charge < -0.3 is 0 Å². The van der Waals surface area contributed by atoms with Gasteiger partial charge in [0.05, 0.1) is 11.4 Å². The van der Waals surface area contributed by atoms with Crippen molar-refractivity contribution in [1.82, 2.24) is 0 Å². The maximum Gasteiger partial charge on any atom is 0.0702 e. The van der Waals surface area contributed by atoms with Crippen LogP contribution in [0.3, 0.4) is 0 Å². The molecule has 0 amide bonds. The second kappa shape index (κ2) is 4.85. The van der Waals surface area contributed by atoms with Crippen LogP contribution in [-0.4, -0.2) is 5.71 Å². The van der Waals surface area contributed by atoms with E-state index in [2.05, 4.69) is 62.4 Å². The van der Waals surface area contributed by atoms with E-state index >= 15 is 0 Å². The SMILES string of the molecule is Cc1ccc(C2=NC3=CC=CC=CC3C=C2)cc1C. The van der Waals surface area contributed by atoms with Crippen LogP contribution in [0.15, 0.2) is 71.4 Å². The highest BCUT2D eigenvalue weighted by Gasteiger charge is 2.14. The zero-order valence-corrected chi connectivity index (χ0v) is 11.3. The molecule has 0 spiro atoms.